The normalized spacial score (nSPS) is 24.7. The van der Waals surface area contributed by atoms with Gasteiger partial charge in [0.2, 0.25) is 11.8 Å². The number of rotatable bonds is 5. The molecule has 0 radical (unpaired) electrons. The van der Waals surface area contributed by atoms with Gasteiger partial charge in [0.15, 0.2) is 0 Å². The lowest BCUT2D eigenvalue weighted by Gasteiger charge is -2.37. The molecule has 2 aliphatic carbocycles. The minimum Gasteiger partial charge on any atom is -0.342 e. The molecule has 2 atom stereocenters. The molecule has 134 valence electrons. The summed E-state index contributed by atoms with van der Waals surface area (Å²) >= 11 is 0. The van der Waals surface area contributed by atoms with Gasteiger partial charge in [-0.15, -0.1) is 0 Å². The molecule has 2 saturated carbocycles. The monoisotopic (exact) mass is 341 g/mol. The van der Waals surface area contributed by atoms with E-state index in [2.05, 4.69) is 16.8 Å². The van der Waals surface area contributed by atoms with E-state index in [-0.39, 0.29) is 29.7 Å². The number of amides is 2. The molecule has 0 N–H and O–H groups in total. The van der Waals surface area contributed by atoms with Gasteiger partial charge in [0.1, 0.15) is 0 Å². The Labute approximate surface area is 149 Å². The Balaban J connectivity index is 1.47. The third kappa shape index (κ3) is 3.55. The van der Waals surface area contributed by atoms with Crippen LogP contribution in [0.25, 0.3) is 0 Å². The van der Waals surface area contributed by atoms with Gasteiger partial charge in [0.05, 0.1) is 12.0 Å². The predicted molar refractivity (Wildman–Crippen MR) is 94.5 cm³/mol. The summed E-state index contributed by atoms with van der Waals surface area (Å²) in [6.45, 7) is 3.53. The highest BCUT2D eigenvalue weighted by Gasteiger charge is 2.42. The van der Waals surface area contributed by atoms with Crippen molar-refractivity contribution < 1.29 is 9.59 Å². The van der Waals surface area contributed by atoms with E-state index in [1.807, 2.05) is 23.2 Å². The molecule has 2 heterocycles. The first-order chi connectivity index (χ1) is 12.1. The largest absolute Gasteiger partial charge is 0.342 e. The van der Waals surface area contributed by atoms with Gasteiger partial charge in [0, 0.05) is 37.4 Å². The van der Waals surface area contributed by atoms with Crippen LogP contribution in [0.15, 0.2) is 24.5 Å². The molecule has 25 heavy (non-hydrogen) atoms. The van der Waals surface area contributed by atoms with Crippen LogP contribution in [-0.2, 0) is 9.59 Å². The Hall–Kier alpha value is -1.91. The summed E-state index contributed by atoms with van der Waals surface area (Å²) in [5.74, 6) is 0.696. The van der Waals surface area contributed by atoms with E-state index < -0.39 is 0 Å². The van der Waals surface area contributed by atoms with Crippen LogP contribution >= 0.6 is 0 Å². The summed E-state index contributed by atoms with van der Waals surface area (Å²) in [5.41, 5.74) is 1.09. The van der Waals surface area contributed by atoms with Gasteiger partial charge in [-0.25, -0.2) is 0 Å². The molecule has 5 heteroatoms. The summed E-state index contributed by atoms with van der Waals surface area (Å²) in [4.78, 5) is 33.9. The lowest BCUT2D eigenvalue weighted by molar-refractivity contribution is -0.143. The SMILES string of the molecule is C[C@H](c1cccnc1)N(C(=O)[C@H]1CCCN(C(=O)C2CC2)C1)C1CC1. The van der Waals surface area contributed by atoms with Crippen LogP contribution in [0, 0.1) is 11.8 Å². The number of aromatic nitrogens is 1. The predicted octanol–water partition coefficient (Wildman–Crippen LogP) is 2.78. The number of hydrogen-bond donors (Lipinski definition) is 0. The maximum Gasteiger partial charge on any atom is 0.228 e. The van der Waals surface area contributed by atoms with Crippen molar-refractivity contribution >= 4 is 11.8 Å². The summed E-state index contributed by atoms with van der Waals surface area (Å²) in [6, 6.07) is 4.38. The molecule has 3 aliphatic rings. The maximum absolute atomic E-state index is 13.3. The van der Waals surface area contributed by atoms with E-state index in [9.17, 15) is 9.59 Å². The molecule has 3 fully saturated rings. The van der Waals surface area contributed by atoms with Gasteiger partial charge in [-0.3, -0.25) is 14.6 Å². The minimum absolute atomic E-state index is 0.0446. The molecular weight excluding hydrogens is 314 g/mol. The van der Waals surface area contributed by atoms with Crippen LogP contribution in [0.5, 0.6) is 0 Å². The maximum atomic E-state index is 13.3. The Bertz CT molecular complexity index is 640. The zero-order valence-corrected chi connectivity index (χ0v) is 14.9. The first-order valence-electron chi connectivity index (χ1n) is 9.66. The fourth-order valence-corrected chi connectivity index (χ4v) is 4.00. The Morgan fingerprint density at radius 3 is 2.64 bits per heavy atom. The van der Waals surface area contributed by atoms with E-state index in [0.29, 0.717) is 12.6 Å². The van der Waals surface area contributed by atoms with Crippen LogP contribution in [0.2, 0.25) is 0 Å². The van der Waals surface area contributed by atoms with Crippen molar-refractivity contribution in [3.05, 3.63) is 30.1 Å². The average Bonchev–Trinajstić information content (AvgIpc) is 3.55. The standard InChI is InChI=1S/C20H27N3O2/c1-14(16-4-2-10-21-12-16)23(18-8-9-18)20(25)17-5-3-11-22(13-17)19(24)15-6-7-15/h2,4,10,12,14-15,17-18H,3,5-9,11,13H2,1H3/t14-,17+/m1/s1. The second-order valence-corrected chi connectivity index (χ2v) is 7.84. The van der Waals surface area contributed by atoms with Crippen LogP contribution in [0.1, 0.15) is 57.1 Å². The van der Waals surface area contributed by atoms with Gasteiger partial charge < -0.3 is 9.80 Å². The fourth-order valence-electron chi connectivity index (χ4n) is 4.00. The number of carbonyl (C=O) groups is 2. The number of pyridine rings is 1. The lowest BCUT2D eigenvalue weighted by Crippen LogP contribution is -2.48. The number of piperidine rings is 1. The van der Waals surface area contributed by atoms with E-state index in [1.54, 1.807) is 6.20 Å². The molecular formula is C20H27N3O2. The van der Waals surface area contributed by atoms with Crippen molar-refractivity contribution in [1.82, 2.24) is 14.8 Å². The summed E-state index contributed by atoms with van der Waals surface area (Å²) < 4.78 is 0. The van der Waals surface area contributed by atoms with Crippen molar-refractivity contribution in [1.29, 1.82) is 0 Å². The first-order valence-corrected chi connectivity index (χ1v) is 9.66. The second kappa shape index (κ2) is 6.77. The number of hydrogen-bond acceptors (Lipinski definition) is 3. The average molecular weight is 341 g/mol. The van der Waals surface area contributed by atoms with E-state index in [4.69, 9.17) is 0 Å². The highest BCUT2D eigenvalue weighted by molar-refractivity contribution is 5.84. The van der Waals surface area contributed by atoms with Crippen molar-refractivity contribution in [2.75, 3.05) is 13.1 Å². The highest BCUT2D eigenvalue weighted by Crippen LogP contribution is 2.37. The molecule has 0 unspecified atom stereocenters. The van der Waals surface area contributed by atoms with Crippen molar-refractivity contribution in [2.45, 2.75) is 57.5 Å². The zero-order chi connectivity index (χ0) is 17.4. The van der Waals surface area contributed by atoms with Crippen LogP contribution < -0.4 is 0 Å². The molecule has 0 bridgehead atoms. The van der Waals surface area contributed by atoms with Crippen LogP contribution in [0.4, 0.5) is 0 Å². The smallest absolute Gasteiger partial charge is 0.228 e. The molecule has 4 rings (SSSR count). The lowest BCUT2D eigenvalue weighted by atomic mass is 9.94. The number of nitrogens with zero attached hydrogens (tertiary/aromatic N) is 3. The third-order valence-electron chi connectivity index (χ3n) is 5.79. The van der Waals surface area contributed by atoms with Crippen LogP contribution in [-0.4, -0.2) is 45.7 Å². The zero-order valence-electron chi connectivity index (χ0n) is 14.9. The van der Waals surface area contributed by atoms with Crippen molar-refractivity contribution in [3.8, 4) is 0 Å². The van der Waals surface area contributed by atoms with Crippen molar-refractivity contribution in [2.24, 2.45) is 11.8 Å². The molecule has 1 aromatic rings. The van der Waals surface area contributed by atoms with Crippen molar-refractivity contribution in [3.63, 3.8) is 0 Å². The quantitative estimate of drug-likeness (QED) is 0.827. The fraction of sp³-hybridized carbons (Fsp3) is 0.650. The molecule has 1 aliphatic heterocycles. The topological polar surface area (TPSA) is 53.5 Å². The minimum atomic E-state index is -0.0452. The molecule has 1 saturated heterocycles. The number of likely N-dealkylation sites (tertiary alicyclic amines) is 1. The van der Waals surface area contributed by atoms with Gasteiger partial charge >= 0.3 is 0 Å². The Kier molecular flexibility index (Phi) is 4.48. The summed E-state index contributed by atoms with van der Waals surface area (Å²) in [6.07, 6.45) is 9.70. The molecule has 0 aromatic carbocycles. The van der Waals surface area contributed by atoms with Gasteiger partial charge in [-0.2, -0.15) is 0 Å². The third-order valence-corrected chi connectivity index (χ3v) is 5.79. The first kappa shape index (κ1) is 16.6. The van der Waals surface area contributed by atoms with E-state index in [0.717, 1.165) is 50.6 Å². The molecule has 2 amide bonds. The van der Waals surface area contributed by atoms with E-state index >= 15 is 0 Å². The molecule has 1 aromatic heterocycles. The highest BCUT2D eigenvalue weighted by atomic mass is 16.2. The molecule has 0 spiro atoms. The molecule has 5 nitrogen and oxygen atoms in total. The van der Waals surface area contributed by atoms with Gasteiger partial charge in [-0.1, -0.05) is 6.07 Å². The summed E-state index contributed by atoms with van der Waals surface area (Å²) in [7, 11) is 0. The van der Waals surface area contributed by atoms with E-state index in [1.165, 1.54) is 0 Å². The summed E-state index contributed by atoms with van der Waals surface area (Å²) in [5, 5.41) is 0. The second-order valence-electron chi connectivity index (χ2n) is 7.84. The van der Waals surface area contributed by atoms with Gasteiger partial charge in [-0.05, 0) is 57.1 Å². The number of carbonyl (C=O) groups excluding carboxylic acids is 2. The Morgan fingerprint density at radius 2 is 2.00 bits per heavy atom. The van der Waals surface area contributed by atoms with Crippen LogP contribution in [0.3, 0.4) is 0 Å². The van der Waals surface area contributed by atoms with Gasteiger partial charge in [0.25, 0.3) is 0 Å². The Morgan fingerprint density at radius 1 is 1.20 bits per heavy atom.